The Morgan fingerprint density at radius 1 is 0.867 bits per heavy atom. The van der Waals surface area contributed by atoms with E-state index in [9.17, 15) is 0 Å². The summed E-state index contributed by atoms with van der Waals surface area (Å²) in [4.78, 5) is 1.17. The third kappa shape index (κ3) is 9.89. The molecule has 3 aromatic rings. The zero-order valence-electron chi connectivity index (χ0n) is 28.4. The third-order valence-corrected chi connectivity index (χ3v) is 9.73. The molecule has 0 radical (unpaired) electrons. The Kier molecular flexibility index (Phi) is 14.9. The molecule has 1 fully saturated rings. The first kappa shape index (κ1) is 35.6. The topological polar surface area (TPSA) is 46.2 Å². The Morgan fingerprint density at radius 3 is 2.29 bits per heavy atom. The number of aryl methyl sites for hydroxylation is 1. The number of unbranched alkanes of at least 4 members (excludes halogenated alkanes) is 4. The van der Waals surface area contributed by atoms with Gasteiger partial charge in [-0.05, 0) is 79.0 Å². The van der Waals surface area contributed by atoms with Gasteiger partial charge in [-0.2, -0.15) is 0 Å². The van der Waals surface area contributed by atoms with Gasteiger partial charge in [0.1, 0.15) is 18.0 Å². The molecule has 2 heterocycles. The van der Waals surface area contributed by atoms with E-state index >= 15 is 0 Å². The molecule has 4 rings (SSSR count). The lowest BCUT2D eigenvalue weighted by Crippen LogP contribution is -2.48. The second-order valence-electron chi connectivity index (χ2n) is 12.3. The maximum Gasteiger partial charge on any atom is 0.125 e. The summed E-state index contributed by atoms with van der Waals surface area (Å²) in [5, 5.41) is 1.24. The van der Waals surface area contributed by atoms with Gasteiger partial charge < -0.3 is 23.7 Å². The summed E-state index contributed by atoms with van der Waals surface area (Å²) in [7, 11) is 0. The van der Waals surface area contributed by atoms with Gasteiger partial charge in [0.25, 0.3) is 0 Å². The molecule has 0 saturated carbocycles. The van der Waals surface area contributed by atoms with E-state index in [0.717, 1.165) is 92.4 Å². The molecule has 45 heavy (non-hydrogen) atoms. The lowest BCUT2D eigenvalue weighted by atomic mass is 9.89. The highest BCUT2D eigenvalue weighted by Gasteiger charge is 2.42. The summed E-state index contributed by atoms with van der Waals surface area (Å²) in [6.07, 6.45) is 8.37. The van der Waals surface area contributed by atoms with Crippen molar-refractivity contribution in [3.63, 3.8) is 0 Å². The van der Waals surface area contributed by atoms with E-state index < -0.39 is 0 Å². The fraction of sp³-hybridized carbons (Fsp3) is 0.590. The zero-order chi connectivity index (χ0) is 32.0. The van der Waals surface area contributed by atoms with Crippen molar-refractivity contribution in [2.75, 3.05) is 33.0 Å². The van der Waals surface area contributed by atoms with Crippen LogP contribution >= 0.6 is 11.3 Å². The second-order valence-corrected chi connectivity index (χ2v) is 13.4. The summed E-state index contributed by atoms with van der Waals surface area (Å²) >= 11 is 1.79. The average molecular weight is 637 g/mol. The van der Waals surface area contributed by atoms with Gasteiger partial charge in [0.15, 0.2) is 0 Å². The predicted octanol–water partition coefficient (Wildman–Crippen LogP) is 10.5. The summed E-state index contributed by atoms with van der Waals surface area (Å²) in [6, 6.07) is 15.2. The van der Waals surface area contributed by atoms with Crippen LogP contribution in [0, 0.1) is 6.92 Å². The molecule has 1 aliphatic rings. The maximum atomic E-state index is 6.97. The van der Waals surface area contributed by atoms with Crippen LogP contribution < -0.4 is 4.74 Å². The summed E-state index contributed by atoms with van der Waals surface area (Å²) < 4.78 is 34.2. The molecule has 1 saturated heterocycles. The normalized spacial score (nSPS) is 20.1. The van der Waals surface area contributed by atoms with E-state index in [2.05, 4.69) is 83.7 Å². The average Bonchev–Trinajstić information content (AvgIpc) is 3.48. The molecule has 0 unspecified atom stereocenters. The van der Waals surface area contributed by atoms with Crippen molar-refractivity contribution in [3.05, 3.63) is 70.6 Å². The molecule has 6 heteroatoms. The predicted molar refractivity (Wildman–Crippen MR) is 189 cm³/mol. The number of thiophene rings is 1. The van der Waals surface area contributed by atoms with Crippen molar-refractivity contribution < 1.29 is 23.7 Å². The number of hydrogen-bond donors (Lipinski definition) is 0. The van der Waals surface area contributed by atoms with E-state index in [4.69, 9.17) is 23.7 Å². The van der Waals surface area contributed by atoms with Crippen LogP contribution in [0.25, 0.3) is 15.7 Å². The fourth-order valence-electron chi connectivity index (χ4n) is 5.81. The first-order chi connectivity index (χ1) is 22.0. The fourth-order valence-corrected chi connectivity index (χ4v) is 6.86. The number of hydrogen-bond acceptors (Lipinski definition) is 6. The molecule has 2 aromatic carbocycles. The quantitative estimate of drug-likeness (QED) is 0.116. The largest absolute Gasteiger partial charge is 0.493 e. The Labute approximate surface area is 276 Å². The maximum absolute atomic E-state index is 6.97. The first-order valence-corrected chi connectivity index (χ1v) is 18.2. The van der Waals surface area contributed by atoms with Crippen molar-refractivity contribution in [3.8, 4) is 5.75 Å². The van der Waals surface area contributed by atoms with Crippen LogP contribution in [0.2, 0.25) is 0 Å². The van der Waals surface area contributed by atoms with E-state index in [-0.39, 0.29) is 24.4 Å². The van der Waals surface area contributed by atoms with Crippen molar-refractivity contribution >= 4 is 27.0 Å². The van der Waals surface area contributed by atoms with Gasteiger partial charge in [0, 0.05) is 41.4 Å². The highest BCUT2D eigenvalue weighted by molar-refractivity contribution is 7.20. The van der Waals surface area contributed by atoms with Gasteiger partial charge in [-0.25, -0.2) is 0 Å². The van der Waals surface area contributed by atoms with Crippen molar-refractivity contribution in [1.82, 2.24) is 0 Å². The number of rotatable bonds is 20. The van der Waals surface area contributed by atoms with Crippen LogP contribution in [-0.2, 0) is 18.9 Å². The van der Waals surface area contributed by atoms with Gasteiger partial charge in [0.2, 0.25) is 0 Å². The lowest BCUT2D eigenvalue weighted by molar-refractivity contribution is -0.213. The number of ether oxygens (including phenoxy) is 5. The molecule has 5 nitrogen and oxygen atoms in total. The zero-order valence-corrected chi connectivity index (χ0v) is 29.2. The minimum atomic E-state index is -0.354. The molecule has 0 amide bonds. The molecule has 0 N–H and O–H groups in total. The molecule has 248 valence electrons. The van der Waals surface area contributed by atoms with E-state index in [1.165, 1.54) is 15.0 Å². The van der Waals surface area contributed by atoms with Crippen molar-refractivity contribution in [1.29, 1.82) is 0 Å². The second kappa shape index (κ2) is 18.8. The summed E-state index contributed by atoms with van der Waals surface area (Å²) in [6.45, 7) is 18.9. The highest BCUT2D eigenvalue weighted by atomic mass is 32.1. The van der Waals surface area contributed by atoms with Gasteiger partial charge in [-0.15, -0.1) is 11.3 Å². The SMILES string of the molecule is C=C(c1cc2ccccc2s1)c1cc([C@@H]2O[C@H](COCCCC)C[C@H](OCCCC)[C@H]2OCCCC)c(OCCCC)cc1C. The molecular weight excluding hydrogens is 580 g/mol. The smallest absolute Gasteiger partial charge is 0.125 e. The molecule has 1 aliphatic heterocycles. The monoisotopic (exact) mass is 636 g/mol. The van der Waals surface area contributed by atoms with Crippen LogP contribution in [0.4, 0.5) is 0 Å². The summed E-state index contributed by atoms with van der Waals surface area (Å²) in [5.74, 6) is 0.864. The minimum absolute atomic E-state index is 0.0917. The van der Waals surface area contributed by atoms with Crippen LogP contribution in [-0.4, -0.2) is 51.3 Å². The molecule has 0 spiro atoms. The molecule has 4 atom stereocenters. The van der Waals surface area contributed by atoms with E-state index in [0.29, 0.717) is 26.4 Å². The summed E-state index contributed by atoms with van der Waals surface area (Å²) in [5.41, 5.74) is 4.28. The van der Waals surface area contributed by atoms with Gasteiger partial charge >= 0.3 is 0 Å². The first-order valence-electron chi connectivity index (χ1n) is 17.4. The van der Waals surface area contributed by atoms with E-state index in [1.54, 1.807) is 11.3 Å². The van der Waals surface area contributed by atoms with Gasteiger partial charge in [-0.3, -0.25) is 0 Å². The lowest BCUT2D eigenvalue weighted by Gasteiger charge is -2.42. The van der Waals surface area contributed by atoms with Crippen LogP contribution in [0.1, 0.15) is 113 Å². The minimum Gasteiger partial charge on any atom is -0.493 e. The van der Waals surface area contributed by atoms with E-state index in [1.807, 2.05) is 0 Å². The number of benzene rings is 2. The third-order valence-electron chi connectivity index (χ3n) is 8.55. The van der Waals surface area contributed by atoms with Gasteiger partial charge in [-0.1, -0.05) is 78.2 Å². The molecule has 0 aliphatic carbocycles. The Morgan fingerprint density at radius 2 is 1.56 bits per heavy atom. The molecular formula is C39H56O5S. The highest BCUT2D eigenvalue weighted by Crippen LogP contribution is 2.43. The molecule has 1 aromatic heterocycles. The Balaban J connectivity index is 1.75. The standard InChI is InChI=1S/C39H56O5S/c1-7-11-19-40-27-31-25-35(42-21-13-9-3)39(43-22-14-10-4)38(44-31)33-26-32(28(5)23-34(33)41-20-12-8-2)29(6)37-24-30-17-15-16-18-36(30)45-37/h15-18,23-24,26,31,35,38-39H,6-14,19-22,25,27H2,1-5H3/t31-,35-,38-,39+/m0/s1. The Hall–Kier alpha value is -2.22. The van der Waals surface area contributed by atoms with Crippen LogP contribution in [0.3, 0.4) is 0 Å². The van der Waals surface area contributed by atoms with Crippen LogP contribution in [0.5, 0.6) is 5.75 Å². The Bertz CT molecular complexity index is 1280. The number of fused-ring (bicyclic) bond motifs is 1. The van der Waals surface area contributed by atoms with Crippen molar-refractivity contribution in [2.45, 2.75) is 117 Å². The van der Waals surface area contributed by atoms with Crippen LogP contribution in [0.15, 0.2) is 49.0 Å². The molecule has 0 bridgehead atoms. The van der Waals surface area contributed by atoms with Crippen molar-refractivity contribution in [2.24, 2.45) is 0 Å². The van der Waals surface area contributed by atoms with Gasteiger partial charge in [0.05, 0.1) is 25.4 Å².